The first-order valence-corrected chi connectivity index (χ1v) is 14.8. The molecule has 1 aromatic carbocycles. The standard InChI is InChI=1S/C32H34ClF2N7O2/c1-8-25(43)40-13-19(7)41(14-18(40)6)30-22-12-23(33)28(21-10-9-20(34)11-24(21)35)38-31(22)42(32(44)39-30)29-26(16(2)3)36-15-37-27(29)17(4)5/h8-12,15-19H,1,13-14H2,2-7H3. The summed E-state index contributed by atoms with van der Waals surface area (Å²) in [5.41, 5.74) is 1.25. The van der Waals surface area contributed by atoms with E-state index in [0.29, 0.717) is 41.4 Å². The van der Waals surface area contributed by atoms with Gasteiger partial charge in [-0.05, 0) is 50.0 Å². The van der Waals surface area contributed by atoms with Crippen molar-refractivity contribution >= 4 is 34.4 Å². The van der Waals surface area contributed by atoms with Crippen LogP contribution in [-0.2, 0) is 4.79 Å². The van der Waals surface area contributed by atoms with Crippen molar-refractivity contribution in [1.82, 2.24) is 29.4 Å². The van der Waals surface area contributed by atoms with E-state index in [4.69, 9.17) is 16.6 Å². The van der Waals surface area contributed by atoms with Gasteiger partial charge in [-0.1, -0.05) is 45.9 Å². The summed E-state index contributed by atoms with van der Waals surface area (Å²) >= 11 is 6.77. The zero-order valence-electron chi connectivity index (χ0n) is 25.5. The Kier molecular flexibility index (Phi) is 8.53. The number of benzene rings is 1. The Morgan fingerprint density at radius 1 is 1.02 bits per heavy atom. The highest BCUT2D eigenvalue weighted by Crippen LogP contribution is 2.37. The minimum atomic E-state index is -0.846. The van der Waals surface area contributed by atoms with Gasteiger partial charge in [0.15, 0.2) is 5.65 Å². The summed E-state index contributed by atoms with van der Waals surface area (Å²) in [5.74, 6) is -1.62. The molecule has 2 unspecified atom stereocenters. The van der Waals surface area contributed by atoms with Gasteiger partial charge in [0.1, 0.15) is 23.8 Å². The van der Waals surface area contributed by atoms with Crippen molar-refractivity contribution in [2.45, 2.75) is 65.5 Å². The molecule has 2 atom stereocenters. The van der Waals surface area contributed by atoms with Crippen LogP contribution >= 0.6 is 11.6 Å². The van der Waals surface area contributed by atoms with Crippen molar-refractivity contribution in [3.05, 3.63) is 81.8 Å². The minimum Gasteiger partial charge on any atom is -0.349 e. The van der Waals surface area contributed by atoms with Gasteiger partial charge in [-0.2, -0.15) is 4.98 Å². The van der Waals surface area contributed by atoms with Crippen LogP contribution in [-0.4, -0.2) is 60.5 Å². The third-order valence-corrected chi connectivity index (χ3v) is 8.19. The third-order valence-electron chi connectivity index (χ3n) is 7.90. The molecule has 1 amide bonds. The summed E-state index contributed by atoms with van der Waals surface area (Å²) in [6.45, 7) is 16.1. The van der Waals surface area contributed by atoms with Gasteiger partial charge in [0.2, 0.25) is 5.91 Å². The Morgan fingerprint density at radius 3 is 2.27 bits per heavy atom. The number of hydrogen-bond donors (Lipinski definition) is 0. The number of amides is 1. The maximum Gasteiger partial charge on any atom is 0.355 e. The molecule has 0 N–H and O–H groups in total. The molecule has 4 aromatic rings. The number of aromatic nitrogens is 5. The highest BCUT2D eigenvalue weighted by molar-refractivity contribution is 6.33. The van der Waals surface area contributed by atoms with Gasteiger partial charge in [0.05, 0.1) is 33.2 Å². The predicted octanol–water partition coefficient (Wildman–Crippen LogP) is 6.03. The van der Waals surface area contributed by atoms with Crippen LogP contribution in [0.25, 0.3) is 28.0 Å². The van der Waals surface area contributed by atoms with Crippen LogP contribution in [0.15, 0.2) is 48.0 Å². The van der Waals surface area contributed by atoms with E-state index in [-0.39, 0.29) is 51.8 Å². The van der Waals surface area contributed by atoms with Crippen LogP contribution in [0.3, 0.4) is 0 Å². The van der Waals surface area contributed by atoms with E-state index in [1.807, 2.05) is 46.4 Å². The molecule has 12 heteroatoms. The lowest BCUT2D eigenvalue weighted by Gasteiger charge is -2.44. The highest BCUT2D eigenvalue weighted by Gasteiger charge is 2.34. The summed E-state index contributed by atoms with van der Waals surface area (Å²) < 4.78 is 30.3. The number of carbonyl (C=O) groups is 1. The number of hydrogen-bond acceptors (Lipinski definition) is 7. The minimum absolute atomic E-state index is 0.0216. The van der Waals surface area contributed by atoms with E-state index >= 15 is 4.39 Å². The van der Waals surface area contributed by atoms with Gasteiger partial charge in [-0.15, -0.1) is 0 Å². The first kappa shape index (κ1) is 31.2. The van der Waals surface area contributed by atoms with Crippen LogP contribution in [0.5, 0.6) is 0 Å². The molecule has 0 aliphatic carbocycles. The van der Waals surface area contributed by atoms with E-state index in [0.717, 1.165) is 12.1 Å². The summed E-state index contributed by atoms with van der Waals surface area (Å²) in [5, 5.41) is 0.534. The second-order valence-corrected chi connectivity index (χ2v) is 12.1. The molecular weight excluding hydrogens is 588 g/mol. The summed E-state index contributed by atoms with van der Waals surface area (Å²) in [6, 6.07) is 4.31. The first-order chi connectivity index (χ1) is 20.8. The van der Waals surface area contributed by atoms with Gasteiger partial charge < -0.3 is 9.80 Å². The highest BCUT2D eigenvalue weighted by atomic mass is 35.5. The van der Waals surface area contributed by atoms with E-state index in [1.165, 1.54) is 23.0 Å². The van der Waals surface area contributed by atoms with E-state index < -0.39 is 17.3 Å². The van der Waals surface area contributed by atoms with E-state index in [2.05, 4.69) is 21.5 Å². The van der Waals surface area contributed by atoms with Gasteiger partial charge >= 0.3 is 5.69 Å². The summed E-state index contributed by atoms with van der Waals surface area (Å²) in [6.07, 6.45) is 2.76. The Balaban J connectivity index is 1.86. The molecule has 1 aliphatic heterocycles. The topological polar surface area (TPSA) is 97.1 Å². The van der Waals surface area contributed by atoms with Crippen LogP contribution in [0.1, 0.15) is 64.8 Å². The molecule has 0 saturated carbocycles. The molecule has 0 radical (unpaired) electrons. The van der Waals surface area contributed by atoms with Gasteiger partial charge in [0.25, 0.3) is 0 Å². The third kappa shape index (κ3) is 5.45. The molecule has 3 aromatic heterocycles. The lowest BCUT2D eigenvalue weighted by molar-refractivity contribution is -0.128. The molecule has 44 heavy (non-hydrogen) atoms. The fourth-order valence-electron chi connectivity index (χ4n) is 5.72. The second kappa shape index (κ2) is 12.0. The lowest BCUT2D eigenvalue weighted by atomic mass is 10.0. The molecule has 5 rings (SSSR count). The maximum absolute atomic E-state index is 15.1. The van der Waals surface area contributed by atoms with E-state index in [1.54, 1.807) is 11.0 Å². The molecule has 0 bridgehead atoms. The number of nitrogens with zero attached hydrogens (tertiary/aromatic N) is 7. The average molecular weight is 622 g/mol. The molecule has 1 saturated heterocycles. The average Bonchev–Trinajstić information content (AvgIpc) is 2.97. The van der Waals surface area contributed by atoms with Crippen molar-refractivity contribution in [2.24, 2.45) is 0 Å². The Hall–Kier alpha value is -4.25. The van der Waals surface area contributed by atoms with Crippen molar-refractivity contribution < 1.29 is 13.6 Å². The quantitative estimate of drug-likeness (QED) is 0.243. The van der Waals surface area contributed by atoms with Gasteiger partial charge in [-0.25, -0.2) is 33.1 Å². The number of anilines is 1. The molecule has 1 fully saturated rings. The zero-order chi connectivity index (χ0) is 32.0. The molecular formula is C32H34ClF2N7O2. The fraction of sp³-hybridized carbons (Fsp3) is 0.375. The smallest absolute Gasteiger partial charge is 0.349 e. The van der Waals surface area contributed by atoms with Crippen LogP contribution in [0.4, 0.5) is 14.6 Å². The van der Waals surface area contributed by atoms with Crippen molar-refractivity contribution in [3.8, 4) is 16.9 Å². The maximum atomic E-state index is 15.1. The van der Waals surface area contributed by atoms with Crippen molar-refractivity contribution in [2.75, 3.05) is 18.0 Å². The molecule has 0 spiro atoms. The number of rotatable bonds is 6. The SMILES string of the molecule is C=CC(=O)N1CC(C)N(c2nc(=O)n(-c3c(C(C)C)ncnc3C(C)C)c3nc(-c4ccc(F)cc4F)c(Cl)cc23)CC1C. The Labute approximate surface area is 259 Å². The van der Waals surface area contributed by atoms with Crippen LogP contribution in [0.2, 0.25) is 5.02 Å². The Morgan fingerprint density at radius 2 is 1.68 bits per heavy atom. The number of carbonyl (C=O) groups excluding carboxylic acids is 1. The van der Waals surface area contributed by atoms with E-state index in [9.17, 15) is 14.0 Å². The number of pyridine rings is 1. The molecule has 1 aliphatic rings. The summed E-state index contributed by atoms with van der Waals surface area (Å²) in [4.78, 5) is 48.8. The molecule has 230 valence electrons. The van der Waals surface area contributed by atoms with Crippen molar-refractivity contribution in [3.63, 3.8) is 0 Å². The number of halogens is 3. The zero-order valence-corrected chi connectivity index (χ0v) is 26.2. The fourth-order valence-corrected chi connectivity index (χ4v) is 5.98. The van der Waals surface area contributed by atoms with Gasteiger partial charge in [-0.3, -0.25) is 4.79 Å². The second-order valence-electron chi connectivity index (χ2n) is 11.7. The predicted molar refractivity (Wildman–Crippen MR) is 167 cm³/mol. The summed E-state index contributed by atoms with van der Waals surface area (Å²) in [7, 11) is 0. The Bertz CT molecular complexity index is 1820. The largest absolute Gasteiger partial charge is 0.355 e. The lowest BCUT2D eigenvalue weighted by Crippen LogP contribution is -2.58. The number of fused-ring (bicyclic) bond motifs is 1. The van der Waals surface area contributed by atoms with Crippen LogP contribution < -0.4 is 10.6 Å². The first-order valence-electron chi connectivity index (χ1n) is 14.5. The monoisotopic (exact) mass is 621 g/mol. The molecule has 4 heterocycles. The van der Waals surface area contributed by atoms with Gasteiger partial charge in [0, 0.05) is 36.8 Å². The van der Waals surface area contributed by atoms with Crippen LogP contribution in [0, 0.1) is 11.6 Å². The molecule has 9 nitrogen and oxygen atoms in total. The van der Waals surface area contributed by atoms with Crippen molar-refractivity contribution in [1.29, 1.82) is 0 Å². The number of piperazine rings is 1. The normalized spacial score (nSPS) is 17.2.